The first-order chi connectivity index (χ1) is 15.3. The molecule has 3 aromatic rings. The van der Waals surface area contributed by atoms with Gasteiger partial charge in [0.05, 0.1) is 11.9 Å². The van der Waals surface area contributed by atoms with Crippen LogP contribution in [0, 0.1) is 20.8 Å². The first kappa shape index (κ1) is 22.2. The van der Waals surface area contributed by atoms with Crippen molar-refractivity contribution in [3.8, 4) is 0 Å². The van der Waals surface area contributed by atoms with E-state index < -0.39 is 0 Å². The molecular weight excluding hydrogens is 432 g/mol. The average molecular weight is 459 g/mol. The topological polar surface area (TPSA) is 124 Å². The highest BCUT2D eigenvalue weighted by Crippen LogP contribution is 2.25. The average Bonchev–Trinajstić information content (AvgIpc) is 3.28. The minimum Gasteiger partial charge on any atom is -0.360 e. The predicted octanol–water partition coefficient (Wildman–Crippen LogP) is 1.61. The molecule has 1 aliphatic heterocycles. The monoisotopic (exact) mass is 458 g/mol. The Morgan fingerprint density at radius 2 is 1.97 bits per heavy atom. The van der Waals surface area contributed by atoms with E-state index in [4.69, 9.17) is 4.52 Å². The molecule has 2 N–H and O–H groups in total. The van der Waals surface area contributed by atoms with Crippen molar-refractivity contribution in [2.24, 2.45) is 0 Å². The van der Waals surface area contributed by atoms with Gasteiger partial charge in [0, 0.05) is 50.0 Å². The number of carbonyl (C=O) groups is 2. The molecule has 0 radical (unpaired) electrons. The maximum absolute atomic E-state index is 12.6. The number of fused-ring (bicyclic) bond motifs is 1. The fraction of sp³-hybridized carbons (Fsp3) is 0.476. The van der Waals surface area contributed by atoms with Crippen molar-refractivity contribution < 1.29 is 14.1 Å². The van der Waals surface area contributed by atoms with Crippen LogP contribution in [0.25, 0.3) is 10.2 Å². The number of piperazine rings is 1. The SMILES string of the molecule is Cc1cc(NC(=O)CN2CCN(C(=O)CCc3nc4sc(C)c(C)c4c(=O)[nH]3)CC2)no1. The summed E-state index contributed by atoms with van der Waals surface area (Å²) in [4.78, 5) is 50.1. The van der Waals surface area contributed by atoms with Crippen molar-refractivity contribution in [2.45, 2.75) is 33.6 Å². The van der Waals surface area contributed by atoms with Crippen LogP contribution in [0.5, 0.6) is 0 Å². The summed E-state index contributed by atoms with van der Waals surface area (Å²) >= 11 is 1.50. The van der Waals surface area contributed by atoms with E-state index in [1.54, 1.807) is 17.9 Å². The predicted molar refractivity (Wildman–Crippen MR) is 121 cm³/mol. The van der Waals surface area contributed by atoms with E-state index in [2.05, 4.69) is 20.4 Å². The van der Waals surface area contributed by atoms with Gasteiger partial charge in [0.1, 0.15) is 16.4 Å². The second kappa shape index (κ2) is 9.21. The summed E-state index contributed by atoms with van der Waals surface area (Å²) in [6.07, 6.45) is 0.670. The summed E-state index contributed by atoms with van der Waals surface area (Å²) in [7, 11) is 0. The van der Waals surface area contributed by atoms with Gasteiger partial charge in [-0.3, -0.25) is 19.3 Å². The van der Waals surface area contributed by atoms with E-state index in [0.717, 1.165) is 15.3 Å². The van der Waals surface area contributed by atoms with Crippen molar-refractivity contribution in [3.05, 3.63) is 38.4 Å². The number of aromatic nitrogens is 3. The zero-order chi connectivity index (χ0) is 22.8. The quantitative estimate of drug-likeness (QED) is 0.575. The number of aryl methyl sites for hydroxylation is 4. The number of carbonyl (C=O) groups excluding carboxylic acids is 2. The van der Waals surface area contributed by atoms with Crippen LogP contribution in [0.1, 0.15) is 28.4 Å². The molecule has 4 rings (SSSR count). The molecule has 170 valence electrons. The number of thiophene rings is 1. The highest BCUT2D eigenvalue weighted by atomic mass is 32.1. The molecule has 11 heteroatoms. The number of anilines is 1. The Labute approximate surface area is 188 Å². The van der Waals surface area contributed by atoms with Gasteiger partial charge in [0.25, 0.3) is 5.56 Å². The zero-order valence-corrected chi connectivity index (χ0v) is 19.2. The van der Waals surface area contributed by atoms with Gasteiger partial charge in [-0.1, -0.05) is 5.16 Å². The summed E-state index contributed by atoms with van der Waals surface area (Å²) < 4.78 is 4.94. The van der Waals surface area contributed by atoms with E-state index in [0.29, 0.717) is 55.4 Å². The third-order valence-electron chi connectivity index (χ3n) is 5.65. The van der Waals surface area contributed by atoms with Crippen molar-refractivity contribution in [1.82, 2.24) is 24.9 Å². The van der Waals surface area contributed by atoms with E-state index in [-0.39, 0.29) is 30.3 Å². The number of rotatable bonds is 6. The fourth-order valence-corrected chi connectivity index (χ4v) is 4.82. The van der Waals surface area contributed by atoms with Crippen LogP contribution in [0.4, 0.5) is 5.82 Å². The molecule has 0 spiro atoms. The van der Waals surface area contributed by atoms with Crippen molar-refractivity contribution in [2.75, 3.05) is 38.0 Å². The third-order valence-corrected chi connectivity index (χ3v) is 6.75. The Balaban J connectivity index is 1.25. The lowest BCUT2D eigenvalue weighted by Gasteiger charge is -2.34. The molecule has 1 aliphatic rings. The first-order valence-electron chi connectivity index (χ1n) is 10.5. The Bertz CT molecular complexity index is 1200. The summed E-state index contributed by atoms with van der Waals surface area (Å²) in [6.45, 7) is 8.24. The van der Waals surface area contributed by atoms with Crippen LogP contribution in [0.2, 0.25) is 0 Å². The molecule has 0 aliphatic carbocycles. The van der Waals surface area contributed by atoms with E-state index in [9.17, 15) is 14.4 Å². The van der Waals surface area contributed by atoms with Crippen molar-refractivity contribution in [1.29, 1.82) is 0 Å². The van der Waals surface area contributed by atoms with E-state index >= 15 is 0 Å². The minimum absolute atomic E-state index is 0.0217. The highest BCUT2D eigenvalue weighted by molar-refractivity contribution is 7.18. The summed E-state index contributed by atoms with van der Waals surface area (Å²) in [5.74, 6) is 1.43. The lowest BCUT2D eigenvalue weighted by atomic mass is 10.2. The van der Waals surface area contributed by atoms with Crippen LogP contribution in [-0.2, 0) is 16.0 Å². The van der Waals surface area contributed by atoms with Crippen molar-refractivity contribution in [3.63, 3.8) is 0 Å². The van der Waals surface area contributed by atoms with Crippen LogP contribution in [0.3, 0.4) is 0 Å². The molecule has 1 saturated heterocycles. The third kappa shape index (κ3) is 4.89. The number of nitrogens with one attached hydrogen (secondary N) is 2. The summed E-state index contributed by atoms with van der Waals surface area (Å²) in [5, 5.41) is 7.10. The molecule has 0 atom stereocenters. The number of amides is 2. The molecule has 1 fully saturated rings. The molecule has 0 bridgehead atoms. The Hall–Kier alpha value is -3.05. The second-order valence-corrected chi connectivity index (χ2v) is 9.21. The fourth-order valence-electron chi connectivity index (χ4n) is 3.77. The van der Waals surface area contributed by atoms with Gasteiger partial charge in [-0.05, 0) is 26.3 Å². The van der Waals surface area contributed by atoms with Gasteiger partial charge in [-0.25, -0.2) is 4.98 Å². The number of H-pyrrole nitrogens is 1. The molecule has 0 saturated carbocycles. The highest BCUT2D eigenvalue weighted by Gasteiger charge is 2.23. The van der Waals surface area contributed by atoms with Crippen LogP contribution < -0.4 is 10.9 Å². The minimum atomic E-state index is -0.164. The lowest BCUT2D eigenvalue weighted by Crippen LogP contribution is -2.50. The van der Waals surface area contributed by atoms with Crippen LogP contribution in [-0.4, -0.2) is 69.5 Å². The zero-order valence-electron chi connectivity index (χ0n) is 18.4. The Kier molecular flexibility index (Phi) is 6.38. The molecule has 2 amide bonds. The molecule has 4 heterocycles. The second-order valence-electron chi connectivity index (χ2n) is 8.00. The summed E-state index contributed by atoms with van der Waals surface area (Å²) in [5.41, 5.74) is 0.816. The molecule has 3 aromatic heterocycles. The molecule has 0 unspecified atom stereocenters. The van der Waals surface area contributed by atoms with Gasteiger partial charge in [-0.15, -0.1) is 11.3 Å². The number of hydrogen-bond acceptors (Lipinski definition) is 8. The number of hydrogen-bond donors (Lipinski definition) is 2. The molecule has 10 nitrogen and oxygen atoms in total. The summed E-state index contributed by atoms with van der Waals surface area (Å²) in [6, 6.07) is 1.66. The van der Waals surface area contributed by atoms with Gasteiger partial charge in [-0.2, -0.15) is 0 Å². The lowest BCUT2D eigenvalue weighted by molar-refractivity contribution is -0.133. The van der Waals surface area contributed by atoms with Gasteiger partial charge in [0.15, 0.2) is 5.82 Å². The van der Waals surface area contributed by atoms with E-state index in [1.807, 2.05) is 18.7 Å². The van der Waals surface area contributed by atoms with Crippen molar-refractivity contribution >= 4 is 39.2 Å². The Morgan fingerprint density at radius 1 is 1.22 bits per heavy atom. The standard InChI is InChI=1S/C21H26N6O4S/c1-12-10-16(25-31-12)22-17(28)11-26-6-8-27(9-7-26)18(29)5-4-15-23-20(30)19-13(2)14(3)32-21(19)24-15/h10H,4-9,11H2,1-3H3,(H,22,25,28)(H,23,24,30). The van der Waals surface area contributed by atoms with Crippen LogP contribution in [0.15, 0.2) is 15.4 Å². The smallest absolute Gasteiger partial charge is 0.259 e. The molecule has 32 heavy (non-hydrogen) atoms. The maximum atomic E-state index is 12.6. The molecule has 0 aromatic carbocycles. The Morgan fingerprint density at radius 3 is 2.66 bits per heavy atom. The maximum Gasteiger partial charge on any atom is 0.259 e. The largest absolute Gasteiger partial charge is 0.360 e. The molecular formula is C21H26N6O4S. The number of nitrogens with zero attached hydrogens (tertiary/aromatic N) is 4. The number of aromatic amines is 1. The van der Waals surface area contributed by atoms with Gasteiger partial charge < -0.3 is 19.7 Å². The van der Waals surface area contributed by atoms with Crippen LogP contribution >= 0.6 is 11.3 Å². The van der Waals surface area contributed by atoms with Gasteiger partial charge >= 0.3 is 0 Å². The normalized spacial score (nSPS) is 14.8. The van der Waals surface area contributed by atoms with Gasteiger partial charge in [0.2, 0.25) is 11.8 Å². The first-order valence-corrected chi connectivity index (χ1v) is 11.3. The van der Waals surface area contributed by atoms with E-state index in [1.165, 1.54) is 11.3 Å².